The predicted octanol–water partition coefficient (Wildman–Crippen LogP) is 3.55. The minimum absolute atomic E-state index is 0.375. The Morgan fingerprint density at radius 2 is 1.72 bits per heavy atom. The predicted molar refractivity (Wildman–Crippen MR) is 80.2 cm³/mol. The van der Waals surface area contributed by atoms with Crippen LogP contribution in [0.1, 0.15) is 52.9 Å². The molecule has 108 valence electrons. The summed E-state index contributed by atoms with van der Waals surface area (Å²) in [7, 11) is 0. The lowest BCUT2D eigenvalue weighted by Gasteiger charge is -2.21. The maximum atomic E-state index is 11.3. The van der Waals surface area contributed by atoms with Gasteiger partial charge in [-0.15, -0.1) is 11.6 Å². The number of nitrogens with two attached hydrogens (primary N) is 1. The number of carbonyl (C=O) groups is 2. The average molecular weight is 344 g/mol. The number of nitrogens with one attached hydrogen (secondary N) is 1. The fourth-order valence-corrected chi connectivity index (χ4v) is 1.43. The number of primary amides is 1. The monoisotopic (exact) mass is 342 g/mol. The molecule has 6 heteroatoms. The van der Waals surface area contributed by atoms with Crippen LogP contribution in [0.25, 0.3) is 0 Å². The molecule has 0 spiro atoms. The smallest absolute Gasteiger partial charge is 0.318 e. The second-order valence-electron chi connectivity index (χ2n) is 3.89. The third-order valence-electron chi connectivity index (χ3n) is 2.50. The number of imide groups is 1. The minimum atomic E-state index is -0.814. The number of amides is 3. The number of hydrogen-bond acceptors (Lipinski definition) is 2. The SMILES string of the molecule is CCC(Br)(CC)C(=O)NC(N)=O.CCCCCCl. The number of alkyl halides is 2. The molecule has 4 nitrogen and oxygen atoms in total. The zero-order valence-electron chi connectivity index (χ0n) is 11.4. The molecule has 3 N–H and O–H groups in total. The van der Waals surface area contributed by atoms with E-state index in [0.717, 1.165) is 5.88 Å². The van der Waals surface area contributed by atoms with Crippen LogP contribution in [-0.2, 0) is 4.79 Å². The van der Waals surface area contributed by atoms with E-state index in [0.29, 0.717) is 12.8 Å². The third-order valence-corrected chi connectivity index (χ3v) is 4.25. The molecule has 3 amide bonds. The molecule has 0 rings (SSSR count). The number of unbranched alkanes of at least 4 members (excludes halogenated alkanes) is 2. The summed E-state index contributed by atoms with van der Waals surface area (Å²) >= 11 is 8.64. The van der Waals surface area contributed by atoms with Crippen molar-refractivity contribution in [3.8, 4) is 0 Å². The van der Waals surface area contributed by atoms with Crippen LogP contribution in [0, 0.1) is 0 Å². The Bertz CT molecular complexity index is 242. The summed E-state index contributed by atoms with van der Waals surface area (Å²) in [5.74, 6) is 0.452. The van der Waals surface area contributed by atoms with Crippen LogP contribution < -0.4 is 11.1 Å². The van der Waals surface area contributed by atoms with Crippen LogP contribution in [-0.4, -0.2) is 22.1 Å². The van der Waals surface area contributed by atoms with Gasteiger partial charge in [-0.25, -0.2) is 4.79 Å². The van der Waals surface area contributed by atoms with Crippen molar-refractivity contribution in [2.24, 2.45) is 5.73 Å². The summed E-state index contributed by atoms with van der Waals surface area (Å²) in [6.07, 6.45) is 4.96. The van der Waals surface area contributed by atoms with Crippen molar-refractivity contribution in [1.29, 1.82) is 0 Å². The molecule has 0 saturated carbocycles. The molecular weight excluding hydrogens is 320 g/mol. The van der Waals surface area contributed by atoms with Gasteiger partial charge in [0.2, 0.25) is 5.91 Å². The van der Waals surface area contributed by atoms with Crippen LogP contribution in [0.4, 0.5) is 4.79 Å². The number of carbonyl (C=O) groups excluding carboxylic acids is 2. The number of rotatable bonds is 6. The fourth-order valence-electron chi connectivity index (χ4n) is 1.14. The summed E-state index contributed by atoms with van der Waals surface area (Å²) in [6.45, 7) is 5.89. The van der Waals surface area contributed by atoms with Crippen LogP contribution in [0.5, 0.6) is 0 Å². The van der Waals surface area contributed by atoms with Crippen LogP contribution >= 0.6 is 27.5 Å². The molecule has 0 aromatic carbocycles. The number of halogens is 2. The van der Waals surface area contributed by atoms with Gasteiger partial charge in [0.1, 0.15) is 4.32 Å². The molecule has 0 fully saturated rings. The Kier molecular flexibility index (Phi) is 13.1. The van der Waals surface area contributed by atoms with Gasteiger partial charge >= 0.3 is 6.03 Å². The van der Waals surface area contributed by atoms with E-state index in [2.05, 4.69) is 22.9 Å². The first-order valence-corrected chi connectivity index (χ1v) is 7.56. The van der Waals surface area contributed by atoms with Gasteiger partial charge in [0.25, 0.3) is 0 Å². The van der Waals surface area contributed by atoms with E-state index < -0.39 is 10.4 Å². The molecular formula is C12H24BrClN2O2. The summed E-state index contributed by atoms with van der Waals surface area (Å²) in [6, 6.07) is -0.814. The molecule has 0 atom stereocenters. The lowest BCUT2D eigenvalue weighted by Crippen LogP contribution is -2.46. The van der Waals surface area contributed by atoms with Crippen molar-refractivity contribution in [3.63, 3.8) is 0 Å². The van der Waals surface area contributed by atoms with E-state index in [1.807, 2.05) is 19.2 Å². The number of urea groups is 1. The molecule has 0 aliphatic carbocycles. The van der Waals surface area contributed by atoms with E-state index in [-0.39, 0.29) is 5.91 Å². The maximum absolute atomic E-state index is 11.3. The van der Waals surface area contributed by atoms with Gasteiger partial charge in [-0.1, -0.05) is 49.5 Å². The Morgan fingerprint density at radius 1 is 1.22 bits per heavy atom. The second kappa shape index (κ2) is 11.8. The average Bonchev–Trinajstić information content (AvgIpc) is 2.35. The Labute approximate surface area is 123 Å². The first-order chi connectivity index (χ1) is 8.37. The van der Waals surface area contributed by atoms with Gasteiger partial charge in [0.15, 0.2) is 0 Å². The van der Waals surface area contributed by atoms with Crippen molar-refractivity contribution in [2.75, 3.05) is 5.88 Å². The topological polar surface area (TPSA) is 72.2 Å². The summed E-state index contributed by atoms with van der Waals surface area (Å²) in [4.78, 5) is 21.6. The van der Waals surface area contributed by atoms with Crippen molar-refractivity contribution in [1.82, 2.24) is 5.32 Å². The molecule has 0 heterocycles. The Balaban J connectivity index is 0. The largest absolute Gasteiger partial charge is 0.351 e. The van der Waals surface area contributed by atoms with E-state index in [9.17, 15) is 9.59 Å². The molecule has 18 heavy (non-hydrogen) atoms. The standard InChI is InChI=1S/C7H13BrN2O2.C5H11Cl/c1-3-7(8,4-2)5(11)10-6(9)12;1-2-3-4-5-6/h3-4H2,1-2H3,(H3,9,10,11,12);2-5H2,1H3. The van der Waals surface area contributed by atoms with E-state index in [1.54, 1.807) is 0 Å². The maximum Gasteiger partial charge on any atom is 0.318 e. The zero-order valence-corrected chi connectivity index (χ0v) is 13.7. The molecule has 0 aromatic rings. The van der Waals surface area contributed by atoms with Gasteiger partial charge in [-0.2, -0.15) is 0 Å². The highest BCUT2D eigenvalue weighted by atomic mass is 79.9. The van der Waals surface area contributed by atoms with Gasteiger partial charge in [0, 0.05) is 5.88 Å². The van der Waals surface area contributed by atoms with Gasteiger partial charge in [-0.05, 0) is 19.3 Å². The van der Waals surface area contributed by atoms with Crippen LogP contribution in [0.15, 0.2) is 0 Å². The van der Waals surface area contributed by atoms with Crippen molar-refractivity contribution >= 4 is 39.5 Å². The van der Waals surface area contributed by atoms with Gasteiger partial charge in [0.05, 0.1) is 0 Å². The zero-order chi connectivity index (χ0) is 14.6. The normalized spacial score (nSPS) is 10.3. The van der Waals surface area contributed by atoms with Crippen LogP contribution in [0.3, 0.4) is 0 Å². The summed E-state index contributed by atoms with van der Waals surface area (Å²) in [5, 5.41) is 2.04. The molecule has 0 aromatic heterocycles. The lowest BCUT2D eigenvalue weighted by molar-refractivity contribution is -0.122. The van der Waals surface area contributed by atoms with E-state index in [1.165, 1.54) is 19.3 Å². The van der Waals surface area contributed by atoms with Crippen molar-refractivity contribution < 1.29 is 9.59 Å². The molecule has 0 unspecified atom stereocenters. The van der Waals surface area contributed by atoms with Crippen molar-refractivity contribution in [3.05, 3.63) is 0 Å². The summed E-state index contributed by atoms with van der Waals surface area (Å²) in [5.41, 5.74) is 4.81. The Hall–Kier alpha value is -0.290. The van der Waals surface area contributed by atoms with Crippen LogP contribution in [0.2, 0.25) is 0 Å². The molecule has 0 bridgehead atoms. The number of hydrogen-bond donors (Lipinski definition) is 2. The first kappa shape index (κ1) is 20.0. The second-order valence-corrected chi connectivity index (χ2v) is 5.78. The molecule has 0 aliphatic heterocycles. The lowest BCUT2D eigenvalue weighted by atomic mass is 10.0. The quantitative estimate of drug-likeness (QED) is 0.572. The highest BCUT2D eigenvalue weighted by Crippen LogP contribution is 2.26. The first-order valence-electron chi connectivity index (χ1n) is 6.23. The third kappa shape index (κ3) is 9.71. The fraction of sp³-hybridized carbons (Fsp3) is 0.833. The molecule has 0 saturated heterocycles. The highest BCUT2D eigenvalue weighted by molar-refractivity contribution is 9.10. The summed E-state index contributed by atoms with van der Waals surface area (Å²) < 4.78 is -0.665. The van der Waals surface area contributed by atoms with E-state index in [4.69, 9.17) is 17.3 Å². The van der Waals surface area contributed by atoms with E-state index >= 15 is 0 Å². The Morgan fingerprint density at radius 3 is 1.94 bits per heavy atom. The highest BCUT2D eigenvalue weighted by Gasteiger charge is 2.32. The van der Waals surface area contributed by atoms with Gasteiger partial charge < -0.3 is 5.73 Å². The van der Waals surface area contributed by atoms with Crippen molar-refractivity contribution in [2.45, 2.75) is 57.2 Å². The van der Waals surface area contributed by atoms with Gasteiger partial charge in [-0.3, -0.25) is 10.1 Å². The molecule has 0 radical (unpaired) electrons. The molecule has 0 aliphatic rings. The minimum Gasteiger partial charge on any atom is -0.351 e.